The number of hydrogen-bond acceptors (Lipinski definition) is 2. The van der Waals surface area contributed by atoms with Crippen molar-refractivity contribution in [2.45, 2.75) is 38.1 Å². The number of rotatable bonds is 3. The van der Waals surface area contributed by atoms with Crippen LogP contribution in [0.3, 0.4) is 0 Å². The molecule has 1 saturated carbocycles. The highest BCUT2D eigenvalue weighted by Crippen LogP contribution is 2.41. The highest BCUT2D eigenvalue weighted by Gasteiger charge is 2.37. The van der Waals surface area contributed by atoms with Crippen molar-refractivity contribution in [3.63, 3.8) is 0 Å². The Labute approximate surface area is 108 Å². The standard InChI is InChI=1S/C15H20N2O/c16-15(18)12-5-1-2-7-14(12)17-10-4-3-6-13(17)11-8-9-11/h1-2,5,7,11,13H,3-4,6,8-10H2,(H2,16,18). The van der Waals surface area contributed by atoms with Crippen LogP contribution in [0.25, 0.3) is 0 Å². The average molecular weight is 244 g/mol. The predicted molar refractivity (Wildman–Crippen MR) is 72.7 cm³/mol. The molecule has 96 valence electrons. The smallest absolute Gasteiger partial charge is 0.250 e. The van der Waals surface area contributed by atoms with Crippen LogP contribution in [0.15, 0.2) is 24.3 Å². The van der Waals surface area contributed by atoms with Gasteiger partial charge in [0, 0.05) is 18.3 Å². The summed E-state index contributed by atoms with van der Waals surface area (Å²) in [6.07, 6.45) is 6.49. The van der Waals surface area contributed by atoms with Crippen LogP contribution >= 0.6 is 0 Å². The zero-order valence-corrected chi connectivity index (χ0v) is 10.6. The maximum absolute atomic E-state index is 11.6. The normalized spacial score (nSPS) is 24.0. The van der Waals surface area contributed by atoms with E-state index in [1.54, 1.807) is 0 Å². The van der Waals surface area contributed by atoms with Gasteiger partial charge in [-0.25, -0.2) is 0 Å². The number of piperidine rings is 1. The number of anilines is 1. The lowest BCUT2D eigenvalue weighted by atomic mass is 9.96. The molecule has 1 aromatic carbocycles. The Morgan fingerprint density at radius 1 is 1.17 bits per heavy atom. The molecule has 1 saturated heterocycles. The Hall–Kier alpha value is -1.51. The number of carbonyl (C=O) groups is 1. The summed E-state index contributed by atoms with van der Waals surface area (Å²) in [5.74, 6) is 0.525. The van der Waals surface area contributed by atoms with Gasteiger partial charge in [0.05, 0.1) is 5.56 Å². The molecule has 1 aliphatic carbocycles. The van der Waals surface area contributed by atoms with Gasteiger partial charge in [0.15, 0.2) is 0 Å². The van der Waals surface area contributed by atoms with E-state index in [9.17, 15) is 4.79 Å². The average Bonchev–Trinajstić information content (AvgIpc) is 3.23. The van der Waals surface area contributed by atoms with E-state index >= 15 is 0 Å². The van der Waals surface area contributed by atoms with Crippen LogP contribution in [0.2, 0.25) is 0 Å². The Bertz CT molecular complexity index is 454. The number of benzene rings is 1. The third-order valence-corrected chi connectivity index (χ3v) is 4.19. The van der Waals surface area contributed by atoms with Gasteiger partial charge in [-0.2, -0.15) is 0 Å². The molecule has 1 aromatic rings. The van der Waals surface area contributed by atoms with Crippen molar-refractivity contribution in [1.29, 1.82) is 0 Å². The fraction of sp³-hybridized carbons (Fsp3) is 0.533. The van der Waals surface area contributed by atoms with Gasteiger partial charge in [0.25, 0.3) is 5.91 Å². The van der Waals surface area contributed by atoms with Crippen molar-refractivity contribution >= 4 is 11.6 Å². The molecule has 2 aliphatic rings. The first kappa shape index (κ1) is 11.6. The maximum atomic E-state index is 11.6. The molecule has 3 nitrogen and oxygen atoms in total. The number of nitrogens with zero attached hydrogens (tertiary/aromatic N) is 1. The van der Waals surface area contributed by atoms with E-state index in [0.717, 1.165) is 18.2 Å². The topological polar surface area (TPSA) is 46.3 Å². The molecular weight excluding hydrogens is 224 g/mol. The van der Waals surface area contributed by atoms with Crippen molar-refractivity contribution in [3.05, 3.63) is 29.8 Å². The van der Waals surface area contributed by atoms with Gasteiger partial charge in [0.1, 0.15) is 0 Å². The van der Waals surface area contributed by atoms with Gasteiger partial charge < -0.3 is 10.6 Å². The van der Waals surface area contributed by atoms with Crippen LogP contribution in [-0.2, 0) is 0 Å². The molecule has 1 aliphatic heterocycles. The number of primary amides is 1. The van der Waals surface area contributed by atoms with Crippen LogP contribution in [0.5, 0.6) is 0 Å². The fourth-order valence-electron chi connectivity index (χ4n) is 3.16. The van der Waals surface area contributed by atoms with Crippen LogP contribution < -0.4 is 10.6 Å². The molecule has 2 N–H and O–H groups in total. The summed E-state index contributed by atoms with van der Waals surface area (Å²) < 4.78 is 0. The van der Waals surface area contributed by atoms with E-state index in [-0.39, 0.29) is 5.91 Å². The van der Waals surface area contributed by atoms with Crippen molar-refractivity contribution in [2.75, 3.05) is 11.4 Å². The van der Waals surface area contributed by atoms with Gasteiger partial charge in [-0.1, -0.05) is 12.1 Å². The van der Waals surface area contributed by atoms with Gasteiger partial charge in [-0.3, -0.25) is 4.79 Å². The first-order valence-electron chi connectivity index (χ1n) is 6.93. The monoisotopic (exact) mass is 244 g/mol. The Kier molecular flexibility index (Phi) is 2.98. The Morgan fingerprint density at radius 2 is 1.94 bits per heavy atom. The molecule has 1 atom stereocenters. The summed E-state index contributed by atoms with van der Waals surface area (Å²) in [7, 11) is 0. The lowest BCUT2D eigenvalue weighted by molar-refractivity contribution is 0.100. The van der Waals surface area contributed by atoms with Crippen LogP contribution in [0.4, 0.5) is 5.69 Å². The number of para-hydroxylation sites is 1. The Morgan fingerprint density at radius 3 is 2.67 bits per heavy atom. The summed E-state index contributed by atoms with van der Waals surface area (Å²) in [5, 5.41) is 0. The molecule has 0 radical (unpaired) electrons. The largest absolute Gasteiger partial charge is 0.368 e. The maximum Gasteiger partial charge on any atom is 0.250 e. The molecular formula is C15H20N2O. The lowest BCUT2D eigenvalue weighted by Gasteiger charge is -2.38. The van der Waals surface area contributed by atoms with E-state index < -0.39 is 0 Å². The van der Waals surface area contributed by atoms with Crippen molar-refractivity contribution in [2.24, 2.45) is 11.7 Å². The van der Waals surface area contributed by atoms with Crippen molar-refractivity contribution in [1.82, 2.24) is 0 Å². The third-order valence-electron chi connectivity index (χ3n) is 4.19. The van der Waals surface area contributed by atoms with E-state index in [4.69, 9.17) is 5.73 Å². The van der Waals surface area contributed by atoms with Gasteiger partial charge in [0.2, 0.25) is 0 Å². The zero-order chi connectivity index (χ0) is 12.5. The molecule has 1 heterocycles. The number of amides is 1. The highest BCUT2D eigenvalue weighted by atomic mass is 16.1. The highest BCUT2D eigenvalue weighted by molar-refractivity contribution is 5.98. The molecule has 1 unspecified atom stereocenters. The van der Waals surface area contributed by atoms with E-state index in [0.29, 0.717) is 11.6 Å². The van der Waals surface area contributed by atoms with Crippen molar-refractivity contribution < 1.29 is 4.79 Å². The molecule has 0 bridgehead atoms. The molecule has 3 heteroatoms. The SMILES string of the molecule is NC(=O)c1ccccc1N1CCCCC1C1CC1. The number of nitrogens with two attached hydrogens (primary N) is 1. The molecule has 18 heavy (non-hydrogen) atoms. The van der Waals surface area contributed by atoms with E-state index in [1.165, 1.54) is 32.1 Å². The predicted octanol–water partition coefficient (Wildman–Crippen LogP) is 2.55. The van der Waals surface area contributed by atoms with Crippen molar-refractivity contribution in [3.8, 4) is 0 Å². The second-order valence-electron chi connectivity index (χ2n) is 5.48. The first-order chi connectivity index (χ1) is 8.77. The summed E-state index contributed by atoms with van der Waals surface area (Å²) in [6, 6.07) is 8.40. The summed E-state index contributed by atoms with van der Waals surface area (Å²) in [6.45, 7) is 1.06. The van der Waals surface area contributed by atoms with Gasteiger partial charge in [-0.05, 0) is 50.2 Å². The van der Waals surface area contributed by atoms with Crippen LogP contribution in [-0.4, -0.2) is 18.5 Å². The Balaban J connectivity index is 1.94. The number of carbonyl (C=O) groups excluding carboxylic acids is 1. The first-order valence-corrected chi connectivity index (χ1v) is 6.93. The quantitative estimate of drug-likeness (QED) is 0.888. The van der Waals surface area contributed by atoms with Gasteiger partial charge >= 0.3 is 0 Å². The summed E-state index contributed by atoms with van der Waals surface area (Å²) in [4.78, 5) is 14.0. The minimum atomic E-state index is -0.314. The summed E-state index contributed by atoms with van der Waals surface area (Å²) >= 11 is 0. The molecule has 1 amide bonds. The molecule has 0 aromatic heterocycles. The molecule has 2 fully saturated rings. The second kappa shape index (κ2) is 4.63. The molecule has 0 spiro atoms. The minimum Gasteiger partial charge on any atom is -0.368 e. The minimum absolute atomic E-state index is 0.314. The van der Waals surface area contributed by atoms with Gasteiger partial charge in [-0.15, -0.1) is 0 Å². The third kappa shape index (κ3) is 2.09. The lowest BCUT2D eigenvalue weighted by Crippen LogP contribution is -2.42. The zero-order valence-electron chi connectivity index (χ0n) is 10.6. The summed E-state index contributed by atoms with van der Waals surface area (Å²) in [5.41, 5.74) is 7.21. The molecule has 3 rings (SSSR count). The number of hydrogen-bond donors (Lipinski definition) is 1. The van der Waals surface area contributed by atoms with E-state index in [2.05, 4.69) is 4.90 Å². The second-order valence-corrected chi connectivity index (χ2v) is 5.48. The van der Waals surface area contributed by atoms with Crippen LogP contribution in [0, 0.1) is 5.92 Å². The van der Waals surface area contributed by atoms with E-state index in [1.807, 2.05) is 24.3 Å². The fourth-order valence-corrected chi connectivity index (χ4v) is 3.16. The van der Waals surface area contributed by atoms with Crippen LogP contribution in [0.1, 0.15) is 42.5 Å².